The van der Waals surface area contributed by atoms with Gasteiger partial charge in [0.05, 0.1) is 21.8 Å². The van der Waals surface area contributed by atoms with Crippen LogP contribution in [0.1, 0.15) is 13.8 Å². The third-order valence-electron chi connectivity index (χ3n) is 5.95. The van der Waals surface area contributed by atoms with Crippen LogP contribution >= 0.6 is 0 Å². The first-order chi connectivity index (χ1) is 15.4. The van der Waals surface area contributed by atoms with E-state index in [-0.39, 0.29) is 16.3 Å². The smallest absolute Gasteiger partial charge is 0.261 e. The number of rotatable bonds is 5. The summed E-state index contributed by atoms with van der Waals surface area (Å²) in [4.78, 5) is 17.0. The molecule has 178 valence electrons. The second-order valence-corrected chi connectivity index (χ2v) is 12.6. The summed E-state index contributed by atoms with van der Waals surface area (Å²) < 4.78 is 53.8. The van der Waals surface area contributed by atoms with Crippen molar-refractivity contribution in [3.05, 3.63) is 48.5 Å². The molecule has 2 fully saturated rings. The van der Waals surface area contributed by atoms with Gasteiger partial charge in [0.25, 0.3) is 10.0 Å². The Morgan fingerprint density at radius 3 is 1.94 bits per heavy atom. The van der Waals surface area contributed by atoms with Gasteiger partial charge in [0.15, 0.2) is 0 Å². The van der Waals surface area contributed by atoms with Gasteiger partial charge in [-0.05, 0) is 69.4 Å². The molecule has 0 bridgehead atoms. The van der Waals surface area contributed by atoms with Crippen molar-refractivity contribution in [3.8, 4) is 0 Å². The molecule has 0 saturated carbocycles. The van der Waals surface area contributed by atoms with E-state index in [9.17, 15) is 21.6 Å². The molecule has 4 rings (SSSR count). The molecule has 0 unspecified atom stereocenters. The zero-order chi connectivity index (χ0) is 24.0. The fraction of sp³-hybridized carbons (Fsp3) is 0.409. The highest BCUT2D eigenvalue weighted by Gasteiger charge is 2.49. The topological polar surface area (TPSA) is 107 Å². The van der Waals surface area contributed by atoms with Gasteiger partial charge in [-0.1, -0.05) is 0 Å². The predicted octanol–water partition coefficient (Wildman–Crippen LogP) is 1.94. The van der Waals surface area contributed by atoms with Gasteiger partial charge in [-0.15, -0.1) is 0 Å². The third-order valence-corrected chi connectivity index (χ3v) is 9.37. The number of benzene rings is 2. The van der Waals surface area contributed by atoms with E-state index < -0.39 is 31.4 Å². The number of hydrogen-bond donors (Lipinski definition) is 1. The minimum atomic E-state index is -3.89. The monoisotopic (exact) mass is 492 g/mol. The predicted molar refractivity (Wildman–Crippen MR) is 128 cm³/mol. The molecular formula is C22H28N4O5S2. The van der Waals surface area contributed by atoms with Crippen molar-refractivity contribution < 1.29 is 21.6 Å². The Morgan fingerprint density at radius 1 is 0.879 bits per heavy atom. The van der Waals surface area contributed by atoms with Crippen molar-refractivity contribution in [2.45, 2.75) is 18.7 Å². The van der Waals surface area contributed by atoms with E-state index in [1.54, 1.807) is 26.0 Å². The molecule has 0 aromatic heterocycles. The number of anilines is 3. The van der Waals surface area contributed by atoms with E-state index in [0.29, 0.717) is 5.69 Å². The van der Waals surface area contributed by atoms with Crippen LogP contribution in [0.2, 0.25) is 0 Å². The van der Waals surface area contributed by atoms with Gasteiger partial charge in [-0.3, -0.25) is 9.52 Å². The molecule has 2 aliphatic heterocycles. The highest BCUT2D eigenvalue weighted by molar-refractivity contribution is 7.94. The molecule has 0 aliphatic carbocycles. The lowest BCUT2D eigenvalue weighted by Crippen LogP contribution is -2.44. The summed E-state index contributed by atoms with van der Waals surface area (Å²) in [5.41, 5.74) is 0.563. The van der Waals surface area contributed by atoms with E-state index in [2.05, 4.69) is 21.6 Å². The van der Waals surface area contributed by atoms with Gasteiger partial charge in [0, 0.05) is 37.6 Å². The van der Waals surface area contributed by atoms with Crippen molar-refractivity contribution in [2.24, 2.45) is 5.41 Å². The lowest BCUT2D eigenvalue weighted by Gasteiger charge is -2.34. The van der Waals surface area contributed by atoms with Gasteiger partial charge in [0.1, 0.15) is 0 Å². The number of nitrogens with one attached hydrogen (secondary N) is 1. The van der Waals surface area contributed by atoms with Crippen molar-refractivity contribution in [1.29, 1.82) is 0 Å². The number of piperazine rings is 1. The summed E-state index contributed by atoms with van der Waals surface area (Å²) in [6.07, 6.45) is 0. The average Bonchev–Trinajstić information content (AvgIpc) is 2.91. The summed E-state index contributed by atoms with van der Waals surface area (Å²) in [5.74, 6) is -0.818. The van der Waals surface area contributed by atoms with Crippen LogP contribution in [0.15, 0.2) is 53.4 Å². The van der Waals surface area contributed by atoms with E-state index in [4.69, 9.17) is 0 Å². The van der Waals surface area contributed by atoms with Crippen LogP contribution in [0, 0.1) is 5.41 Å². The summed E-state index contributed by atoms with van der Waals surface area (Å²) >= 11 is 0. The van der Waals surface area contributed by atoms with Crippen LogP contribution in [0.25, 0.3) is 0 Å². The third kappa shape index (κ3) is 4.71. The molecule has 0 spiro atoms. The van der Waals surface area contributed by atoms with Crippen molar-refractivity contribution in [1.82, 2.24) is 4.90 Å². The molecule has 9 nitrogen and oxygen atoms in total. The van der Waals surface area contributed by atoms with E-state index in [1.165, 1.54) is 24.3 Å². The maximum atomic E-state index is 12.8. The number of nitrogens with zero attached hydrogens (tertiary/aromatic N) is 3. The minimum absolute atomic E-state index is 0.0299. The average molecular weight is 493 g/mol. The highest BCUT2D eigenvalue weighted by Crippen LogP contribution is 2.36. The molecule has 11 heteroatoms. The van der Waals surface area contributed by atoms with Crippen LogP contribution < -0.4 is 13.9 Å². The molecule has 2 saturated heterocycles. The molecular weight excluding hydrogens is 464 g/mol. The summed E-state index contributed by atoms with van der Waals surface area (Å²) in [7, 11) is -5.60. The molecule has 1 N–H and O–H groups in total. The standard InChI is InChI=1S/C22H28N4O5S2/c1-22(2)16-32(28,29)26(21(22)27)19-8-10-20(11-9-19)33(30,31)23-17-4-6-18(7-5-17)25-14-12-24(3)13-15-25/h4-11,23H,12-16H2,1-3H3. The van der Waals surface area contributed by atoms with Crippen molar-refractivity contribution >= 4 is 43.0 Å². The van der Waals surface area contributed by atoms with Crippen molar-refractivity contribution in [2.75, 3.05) is 52.9 Å². The number of amides is 1. The van der Waals surface area contributed by atoms with Gasteiger partial charge >= 0.3 is 0 Å². The Labute approximate surface area is 195 Å². The lowest BCUT2D eigenvalue weighted by atomic mass is 9.95. The molecule has 2 aliphatic rings. The molecule has 0 radical (unpaired) electrons. The second kappa shape index (κ2) is 8.30. The van der Waals surface area contributed by atoms with Crippen LogP contribution in [0.3, 0.4) is 0 Å². The largest absolute Gasteiger partial charge is 0.369 e. The quantitative estimate of drug-likeness (QED) is 0.680. The molecule has 33 heavy (non-hydrogen) atoms. The zero-order valence-corrected chi connectivity index (χ0v) is 20.5. The molecule has 2 aromatic rings. The Morgan fingerprint density at radius 2 is 1.42 bits per heavy atom. The number of carbonyl (C=O) groups excluding carboxylic acids is 1. The fourth-order valence-corrected chi connectivity index (χ4v) is 7.21. The first-order valence-electron chi connectivity index (χ1n) is 10.6. The second-order valence-electron chi connectivity index (χ2n) is 9.15. The Balaban J connectivity index is 1.49. The number of likely N-dealkylation sites (N-methyl/N-ethyl adjacent to an activating group) is 1. The van der Waals surface area contributed by atoms with Crippen LogP contribution in [-0.2, 0) is 24.8 Å². The molecule has 0 atom stereocenters. The lowest BCUT2D eigenvalue weighted by molar-refractivity contribution is -0.123. The molecule has 2 heterocycles. The molecule has 2 aromatic carbocycles. The SMILES string of the molecule is CN1CCN(c2ccc(NS(=O)(=O)c3ccc(N4C(=O)C(C)(C)CS4(=O)=O)cc3)cc2)CC1. The summed E-state index contributed by atoms with van der Waals surface area (Å²) in [6, 6.07) is 12.5. The van der Waals surface area contributed by atoms with Gasteiger partial charge in [-0.2, -0.15) is 0 Å². The highest BCUT2D eigenvalue weighted by atomic mass is 32.2. The van der Waals surface area contributed by atoms with Gasteiger partial charge < -0.3 is 9.80 Å². The normalized spacial score (nSPS) is 20.8. The van der Waals surface area contributed by atoms with E-state index >= 15 is 0 Å². The van der Waals surface area contributed by atoms with Gasteiger partial charge in [0.2, 0.25) is 15.9 Å². The minimum Gasteiger partial charge on any atom is -0.369 e. The number of carbonyl (C=O) groups is 1. The Bertz CT molecular complexity index is 1250. The summed E-state index contributed by atoms with van der Waals surface area (Å²) in [6.45, 7) is 6.94. The maximum Gasteiger partial charge on any atom is 0.261 e. The molecule has 1 amide bonds. The number of sulfonamides is 2. The van der Waals surface area contributed by atoms with Crippen molar-refractivity contribution in [3.63, 3.8) is 0 Å². The fourth-order valence-electron chi connectivity index (χ4n) is 4.04. The van der Waals surface area contributed by atoms with E-state index in [1.807, 2.05) is 12.1 Å². The summed E-state index contributed by atoms with van der Waals surface area (Å²) in [5, 5.41) is 0. The van der Waals surface area contributed by atoms with Crippen LogP contribution in [0.4, 0.5) is 17.1 Å². The Hall–Kier alpha value is -2.63. The van der Waals surface area contributed by atoms with E-state index in [0.717, 1.165) is 36.2 Å². The van der Waals surface area contributed by atoms with Crippen LogP contribution in [-0.4, -0.2) is 66.6 Å². The maximum absolute atomic E-state index is 12.8. The number of hydrogen-bond acceptors (Lipinski definition) is 7. The first-order valence-corrected chi connectivity index (χ1v) is 13.7. The zero-order valence-electron chi connectivity index (χ0n) is 18.9. The van der Waals surface area contributed by atoms with Crippen LogP contribution in [0.5, 0.6) is 0 Å². The first kappa shape index (κ1) is 23.5. The van der Waals surface area contributed by atoms with Gasteiger partial charge in [-0.25, -0.2) is 21.1 Å². The Kier molecular flexibility index (Phi) is 5.92.